The predicted octanol–water partition coefficient (Wildman–Crippen LogP) is 0.0469. The molecule has 2 aromatic rings. The quantitative estimate of drug-likeness (QED) is 0.441. The van der Waals surface area contributed by atoms with Crippen LogP contribution in [0.4, 0.5) is 0 Å². The number of aliphatic hydroxyl groups is 1. The first-order valence-corrected chi connectivity index (χ1v) is 12.3. The second-order valence-electron chi connectivity index (χ2n) is 7.95. The van der Waals surface area contributed by atoms with Gasteiger partial charge in [-0.05, 0) is 37.3 Å². The van der Waals surface area contributed by atoms with Gasteiger partial charge in [0.05, 0.1) is 12.2 Å². The Balaban J connectivity index is 1.47. The minimum Gasteiger partial charge on any atom is -0.491 e. The summed E-state index contributed by atoms with van der Waals surface area (Å²) >= 11 is 0. The van der Waals surface area contributed by atoms with Gasteiger partial charge >= 0.3 is 5.97 Å². The number of sulfonamides is 1. The van der Waals surface area contributed by atoms with Gasteiger partial charge < -0.3 is 24.9 Å². The van der Waals surface area contributed by atoms with Crippen LogP contribution in [0.3, 0.4) is 0 Å². The van der Waals surface area contributed by atoms with Crippen molar-refractivity contribution in [2.24, 2.45) is 12.8 Å². The molecule has 186 valence electrons. The number of aromatic nitrogens is 1. The van der Waals surface area contributed by atoms with Crippen LogP contribution in [-0.2, 0) is 21.8 Å². The summed E-state index contributed by atoms with van der Waals surface area (Å²) < 4.78 is 39.1. The van der Waals surface area contributed by atoms with Crippen molar-refractivity contribution in [3.8, 4) is 5.75 Å². The third-order valence-electron chi connectivity index (χ3n) is 5.48. The highest BCUT2D eigenvalue weighted by atomic mass is 32.2. The number of amides is 1. The van der Waals surface area contributed by atoms with Gasteiger partial charge in [-0.15, -0.1) is 0 Å². The zero-order valence-electron chi connectivity index (χ0n) is 19.2. The maximum Gasteiger partial charge on any atom is 0.338 e. The third-order valence-corrected chi connectivity index (χ3v) is 7.34. The average Bonchev–Trinajstić information content (AvgIpc) is 3.21. The first kappa shape index (κ1) is 25.7. The van der Waals surface area contributed by atoms with E-state index in [2.05, 4.69) is 0 Å². The molecule has 12 heteroatoms. The summed E-state index contributed by atoms with van der Waals surface area (Å²) in [7, 11) is -2.19. The predicted molar refractivity (Wildman–Crippen MR) is 123 cm³/mol. The molecule has 1 aliphatic heterocycles. The van der Waals surface area contributed by atoms with Gasteiger partial charge in [-0.25, -0.2) is 13.2 Å². The maximum atomic E-state index is 12.9. The number of aliphatic hydroxyl groups excluding tert-OH is 1. The van der Waals surface area contributed by atoms with Gasteiger partial charge in [-0.3, -0.25) is 9.69 Å². The zero-order chi connectivity index (χ0) is 24.9. The molecule has 0 radical (unpaired) electrons. The van der Waals surface area contributed by atoms with E-state index in [-0.39, 0.29) is 30.3 Å². The number of benzene rings is 1. The molecule has 3 rings (SSSR count). The Hall–Kier alpha value is -2.93. The van der Waals surface area contributed by atoms with Crippen LogP contribution in [0.15, 0.2) is 41.4 Å². The molecule has 1 unspecified atom stereocenters. The molecule has 0 aliphatic carbocycles. The third kappa shape index (κ3) is 6.14. The van der Waals surface area contributed by atoms with E-state index >= 15 is 0 Å². The summed E-state index contributed by atoms with van der Waals surface area (Å²) in [5, 5.41) is 10.3. The fourth-order valence-corrected chi connectivity index (χ4v) is 5.16. The first-order valence-electron chi connectivity index (χ1n) is 10.9. The van der Waals surface area contributed by atoms with Crippen molar-refractivity contribution >= 4 is 21.9 Å². The zero-order valence-corrected chi connectivity index (χ0v) is 20.0. The highest BCUT2D eigenvalue weighted by Gasteiger charge is 2.30. The molecule has 2 heterocycles. The molecule has 1 fully saturated rings. The van der Waals surface area contributed by atoms with E-state index in [1.165, 1.54) is 21.1 Å². The second kappa shape index (κ2) is 11.0. The van der Waals surface area contributed by atoms with Crippen molar-refractivity contribution in [3.63, 3.8) is 0 Å². The van der Waals surface area contributed by atoms with Gasteiger partial charge in [0, 0.05) is 46.0 Å². The molecule has 1 aromatic heterocycles. The lowest BCUT2D eigenvalue weighted by Gasteiger charge is -2.34. The number of carbonyl (C=O) groups excluding carboxylic acids is 2. The molecular weight excluding hydrogens is 464 g/mol. The molecule has 0 spiro atoms. The SMILES string of the molecule is CCOC(=O)c1ccc(OCC(O)CN2CCN(S(=O)(=O)c3cc(C(N)=O)n(C)c3)CC2)cc1. The Labute approximate surface area is 198 Å². The van der Waals surface area contributed by atoms with Crippen LogP contribution >= 0.6 is 0 Å². The summed E-state index contributed by atoms with van der Waals surface area (Å²) in [5.74, 6) is -0.586. The highest BCUT2D eigenvalue weighted by molar-refractivity contribution is 7.89. The maximum absolute atomic E-state index is 12.9. The largest absolute Gasteiger partial charge is 0.491 e. The number of piperazine rings is 1. The number of hydrogen-bond donors (Lipinski definition) is 2. The van der Waals surface area contributed by atoms with Crippen molar-refractivity contribution in [1.29, 1.82) is 0 Å². The second-order valence-corrected chi connectivity index (χ2v) is 9.89. The van der Waals surface area contributed by atoms with Crippen LogP contribution in [0.25, 0.3) is 0 Å². The summed E-state index contributed by atoms with van der Waals surface area (Å²) in [4.78, 5) is 25.1. The standard InChI is InChI=1S/C22H30N4O7S/c1-3-32-22(29)16-4-6-18(7-5-16)33-15-17(27)13-25-8-10-26(11-9-25)34(30,31)19-12-20(21(23)28)24(2)14-19/h4-7,12,14,17,27H,3,8-11,13,15H2,1-2H3,(H2,23,28). The number of ether oxygens (including phenoxy) is 2. The fourth-order valence-electron chi connectivity index (χ4n) is 3.67. The number of esters is 1. The Morgan fingerprint density at radius 2 is 1.79 bits per heavy atom. The van der Waals surface area contributed by atoms with Crippen molar-refractivity contribution in [2.75, 3.05) is 45.9 Å². The van der Waals surface area contributed by atoms with Crippen LogP contribution in [0, 0.1) is 0 Å². The molecule has 1 aliphatic rings. The molecule has 1 atom stereocenters. The van der Waals surface area contributed by atoms with Crippen molar-refractivity contribution in [3.05, 3.63) is 47.8 Å². The lowest BCUT2D eigenvalue weighted by atomic mass is 10.2. The minimum atomic E-state index is -3.75. The van der Waals surface area contributed by atoms with Gasteiger partial charge in [-0.1, -0.05) is 0 Å². The monoisotopic (exact) mass is 494 g/mol. The van der Waals surface area contributed by atoms with Crippen molar-refractivity contribution < 1.29 is 32.6 Å². The molecular formula is C22H30N4O7S. The number of nitrogens with zero attached hydrogens (tertiary/aromatic N) is 3. The van der Waals surface area contributed by atoms with Crippen LogP contribution in [0.1, 0.15) is 27.8 Å². The van der Waals surface area contributed by atoms with E-state index in [9.17, 15) is 23.1 Å². The number of carbonyl (C=O) groups is 2. The number of rotatable bonds is 10. The highest BCUT2D eigenvalue weighted by Crippen LogP contribution is 2.20. The first-order chi connectivity index (χ1) is 16.1. The van der Waals surface area contributed by atoms with Crippen LogP contribution < -0.4 is 10.5 Å². The number of nitrogens with two attached hydrogens (primary N) is 1. The van der Waals surface area contributed by atoms with Crippen molar-refractivity contribution in [2.45, 2.75) is 17.9 Å². The van der Waals surface area contributed by atoms with Crippen LogP contribution in [0.5, 0.6) is 5.75 Å². The molecule has 0 bridgehead atoms. The Morgan fingerprint density at radius 3 is 2.35 bits per heavy atom. The van der Waals surface area contributed by atoms with E-state index in [4.69, 9.17) is 15.2 Å². The summed E-state index contributed by atoms with van der Waals surface area (Å²) in [6.07, 6.45) is 0.599. The lowest BCUT2D eigenvalue weighted by Crippen LogP contribution is -2.50. The van der Waals surface area contributed by atoms with E-state index in [1.807, 2.05) is 4.90 Å². The van der Waals surface area contributed by atoms with Gasteiger partial charge in [0.1, 0.15) is 29.0 Å². The number of hydrogen-bond acceptors (Lipinski definition) is 8. The molecule has 1 amide bonds. The van der Waals surface area contributed by atoms with Gasteiger partial charge in [0.2, 0.25) is 10.0 Å². The molecule has 3 N–H and O–H groups in total. The van der Waals surface area contributed by atoms with Crippen LogP contribution in [0.2, 0.25) is 0 Å². The van der Waals surface area contributed by atoms with E-state index in [1.54, 1.807) is 38.2 Å². The number of β-amino-alcohol motifs (C(OH)–C–C–N with tert-alkyl or cyclic N) is 1. The molecule has 11 nitrogen and oxygen atoms in total. The van der Waals surface area contributed by atoms with Gasteiger partial charge in [0.25, 0.3) is 5.91 Å². The number of aryl methyl sites for hydroxylation is 1. The smallest absolute Gasteiger partial charge is 0.338 e. The summed E-state index contributed by atoms with van der Waals surface area (Å²) in [6.45, 7) is 3.81. The topological polar surface area (TPSA) is 144 Å². The Morgan fingerprint density at radius 1 is 1.15 bits per heavy atom. The van der Waals surface area contributed by atoms with Crippen molar-refractivity contribution in [1.82, 2.24) is 13.8 Å². The lowest BCUT2D eigenvalue weighted by molar-refractivity contribution is 0.0523. The molecule has 0 saturated carbocycles. The summed E-state index contributed by atoms with van der Waals surface area (Å²) in [6, 6.07) is 7.74. The molecule has 34 heavy (non-hydrogen) atoms. The van der Waals surface area contributed by atoms with Crippen LogP contribution in [-0.4, -0.2) is 91.2 Å². The minimum absolute atomic E-state index is 0.0275. The van der Waals surface area contributed by atoms with Gasteiger partial charge in [-0.2, -0.15) is 4.31 Å². The fraction of sp³-hybridized carbons (Fsp3) is 0.455. The molecule has 1 aromatic carbocycles. The normalized spacial score (nSPS) is 16.2. The van der Waals surface area contributed by atoms with Gasteiger partial charge in [0.15, 0.2) is 0 Å². The number of primary amides is 1. The van der Waals surface area contributed by atoms with E-state index < -0.39 is 28.0 Å². The van der Waals surface area contributed by atoms with E-state index in [0.29, 0.717) is 37.6 Å². The Kier molecular flexibility index (Phi) is 8.31. The molecule has 1 saturated heterocycles. The summed E-state index contributed by atoms with van der Waals surface area (Å²) in [5.41, 5.74) is 5.82. The van der Waals surface area contributed by atoms with E-state index in [0.717, 1.165) is 0 Å². The Bertz CT molecular complexity index is 1110. The average molecular weight is 495 g/mol.